The van der Waals surface area contributed by atoms with Crippen LogP contribution in [0.2, 0.25) is 0 Å². The second-order valence-corrected chi connectivity index (χ2v) is 13.7. The summed E-state index contributed by atoms with van der Waals surface area (Å²) in [6.07, 6.45) is 17.5. The highest BCUT2D eigenvalue weighted by Gasteiger charge is 2.20. The third-order valence-electron chi connectivity index (χ3n) is 7.31. The van der Waals surface area contributed by atoms with Crippen molar-refractivity contribution in [1.82, 2.24) is 0 Å². The molecule has 2 aromatic carbocycles. The Labute approximate surface area is 253 Å². The van der Waals surface area contributed by atoms with Gasteiger partial charge in [0, 0.05) is 0 Å². The minimum atomic E-state index is -4.52. The highest BCUT2D eigenvalue weighted by Crippen LogP contribution is 2.28. The van der Waals surface area contributed by atoms with Gasteiger partial charge < -0.3 is 9.47 Å². The van der Waals surface area contributed by atoms with Crippen molar-refractivity contribution < 1.29 is 35.4 Å². The van der Waals surface area contributed by atoms with E-state index >= 15 is 0 Å². The summed E-state index contributed by atoms with van der Waals surface area (Å²) in [6, 6.07) is 9.46. The van der Waals surface area contributed by atoms with Crippen molar-refractivity contribution in [2.45, 2.75) is 126 Å². The Morgan fingerprint density at radius 2 is 0.857 bits per heavy atom. The number of unbranched alkanes of at least 4 members (excludes halogenated alkanes) is 12. The molecular weight excluding hydrogens is 576 g/mol. The molecule has 2 aromatic rings. The molecule has 238 valence electrons. The topological polar surface area (TPSA) is 127 Å². The molecule has 0 radical (unpaired) electrons. The van der Waals surface area contributed by atoms with Gasteiger partial charge in [-0.2, -0.15) is 16.8 Å². The molecule has 0 fully saturated rings. The summed E-state index contributed by atoms with van der Waals surface area (Å²) in [6.45, 7) is 4.15. The quantitative estimate of drug-likeness (QED) is 0.0933. The average molecular weight is 627 g/mol. The summed E-state index contributed by atoms with van der Waals surface area (Å²) >= 11 is 0. The van der Waals surface area contributed by atoms with E-state index in [1.54, 1.807) is 12.1 Å². The first-order chi connectivity index (χ1) is 20.1. The molecule has 8 nitrogen and oxygen atoms in total. The molecule has 0 aliphatic carbocycles. The Bertz CT molecular complexity index is 1170. The SMILES string of the molecule is CCCCCCCCCc1ccc(OCCOc2ccc(CCCCCCCCC)cc2S(=O)(=O)O)c(S(=O)(=O)O)c1. The normalized spacial score (nSPS) is 12.0. The Balaban J connectivity index is 1.92. The molecule has 0 amide bonds. The van der Waals surface area contributed by atoms with Crippen LogP contribution in [0.25, 0.3) is 0 Å². The molecule has 0 saturated carbocycles. The minimum absolute atomic E-state index is 0.00976. The number of hydrogen-bond donors (Lipinski definition) is 2. The van der Waals surface area contributed by atoms with E-state index in [2.05, 4.69) is 13.8 Å². The van der Waals surface area contributed by atoms with Crippen molar-refractivity contribution in [3.8, 4) is 11.5 Å². The van der Waals surface area contributed by atoms with Gasteiger partial charge in [0.1, 0.15) is 34.5 Å². The number of benzene rings is 2. The maximum absolute atomic E-state index is 12.0. The molecule has 42 heavy (non-hydrogen) atoms. The van der Waals surface area contributed by atoms with Gasteiger partial charge in [-0.25, -0.2) is 0 Å². The number of ether oxygens (including phenoxy) is 2. The molecule has 2 N–H and O–H groups in total. The second-order valence-electron chi connectivity index (χ2n) is 11.0. The van der Waals surface area contributed by atoms with Crippen LogP contribution in [0.3, 0.4) is 0 Å². The molecule has 0 unspecified atom stereocenters. The smallest absolute Gasteiger partial charge is 0.298 e. The Kier molecular flexibility index (Phi) is 16.5. The zero-order chi connectivity index (χ0) is 30.8. The number of aryl methyl sites for hydroxylation is 2. The fraction of sp³-hybridized carbons (Fsp3) is 0.625. The van der Waals surface area contributed by atoms with Crippen molar-refractivity contribution in [2.75, 3.05) is 13.2 Å². The first-order valence-electron chi connectivity index (χ1n) is 15.5. The molecular formula is C32H50O8S2. The van der Waals surface area contributed by atoms with Gasteiger partial charge in [-0.1, -0.05) is 103 Å². The van der Waals surface area contributed by atoms with Crippen molar-refractivity contribution in [2.24, 2.45) is 0 Å². The summed E-state index contributed by atoms with van der Waals surface area (Å²) in [5.74, 6) is -0.0195. The van der Waals surface area contributed by atoms with Gasteiger partial charge >= 0.3 is 0 Å². The number of rotatable bonds is 23. The van der Waals surface area contributed by atoms with Crippen LogP contribution in [0.5, 0.6) is 11.5 Å². The van der Waals surface area contributed by atoms with Crippen molar-refractivity contribution in [3.05, 3.63) is 47.5 Å². The first-order valence-corrected chi connectivity index (χ1v) is 18.4. The van der Waals surface area contributed by atoms with E-state index in [4.69, 9.17) is 9.47 Å². The molecule has 0 saturated heterocycles. The van der Waals surface area contributed by atoms with E-state index in [0.717, 1.165) is 49.7 Å². The molecule has 0 heterocycles. The fourth-order valence-electron chi connectivity index (χ4n) is 4.93. The minimum Gasteiger partial charge on any atom is -0.489 e. The standard InChI is InChI=1S/C32H50O8S2/c1-3-5-7-9-11-13-15-17-27-19-21-29(31(25-27)41(33,34)35)39-23-24-40-30-22-20-28(26-32(30)42(36,37)38)18-16-14-12-10-8-6-4-2/h19-22,25-26H,3-18,23-24H2,1-2H3,(H,33,34,35)(H,36,37,38). The van der Waals surface area contributed by atoms with E-state index < -0.39 is 20.2 Å². The van der Waals surface area contributed by atoms with E-state index in [9.17, 15) is 25.9 Å². The van der Waals surface area contributed by atoms with Crippen LogP contribution in [0, 0.1) is 0 Å². The zero-order valence-corrected chi connectivity index (χ0v) is 27.0. The lowest BCUT2D eigenvalue weighted by Crippen LogP contribution is -2.13. The van der Waals surface area contributed by atoms with Crippen LogP contribution in [-0.2, 0) is 33.1 Å². The van der Waals surface area contributed by atoms with Crippen LogP contribution in [-0.4, -0.2) is 39.2 Å². The van der Waals surface area contributed by atoms with Crippen LogP contribution in [0.4, 0.5) is 0 Å². The van der Waals surface area contributed by atoms with E-state index in [1.165, 1.54) is 75.6 Å². The Hall–Kier alpha value is -2.14. The summed E-state index contributed by atoms with van der Waals surface area (Å²) in [5, 5.41) is 0. The van der Waals surface area contributed by atoms with E-state index in [0.29, 0.717) is 12.8 Å². The predicted molar refractivity (Wildman–Crippen MR) is 167 cm³/mol. The van der Waals surface area contributed by atoms with Crippen LogP contribution < -0.4 is 9.47 Å². The van der Waals surface area contributed by atoms with Crippen LogP contribution in [0.1, 0.15) is 115 Å². The Morgan fingerprint density at radius 3 is 1.19 bits per heavy atom. The summed E-state index contributed by atoms with van der Waals surface area (Å²) in [7, 11) is -9.03. The molecule has 0 spiro atoms. The van der Waals surface area contributed by atoms with E-state index in [1.807, 2.05) is 0 Å². The largest absolute Gasteiger partial charge is 0.489 e. The zero-order valence-electron chi connectivity index (χ0n) is 25.4. The first kappa shape index (κ1) is 36.1. The summed E-state index contributed by atoms with van der Waals surface area (Å²) in [4.78, 5) is -0.618. The summed E-state index contributed by atoms with van der Waals surface area (Å²) < 4.78 is 78.8. The molecule has 0 aliphatic heterocycles. The maximum atomic E-state index is 12.0. The Morgan fingerprint density at radius 1 is 0.524 bits per heavy atom. The maximum Gasteiger partial charge on any atom is 0.298 e. The van der Waals surface area contributed by atoms with Gasteiger partial charge in [0.15, 0.2) is 0 Å². The van der Waals surface area contributed by atoms with Gasteiger partial charge in [0.2, 0.25) is 0 Å². The molecule has 0 aromatic heterocycles. The van der Waals surface area contributed by atoms with Crippen molar-refractivity contribution in [3.63, 3.8) is 0 Å². The predicted octanol–water partition coefficient (Wildman–Crippen LogP) is 8.22. The van der Waals surface area contributed by atoms with Gasteiger partial charge in [0.05, 0.1) is 0 Å². The van der Waals surface area contributed by atoms with Gasteiger partial charge in [0.25, 0.3) is 20.2 Å². The highest BCUT2D eigenvalue weighted by atomic mass is 32.2. The average Bonchev–Trinajstić information content (AvgIpc) is 2.94. The lowest BCUT2D eigenvalue weighted by Gasteiger charge is -2.14. The van der Waals surface area contributed by atoms with Crippen LogP contribution in [0.15, 0.2) is 46.2 Å². The third kappa shape index (κ3) is 13.9. The molecule has 2 rings (SSSR count). The molecule has 0 atom stereocenters. The van der Waals surface area contributed by atoms with Gasteiger partial charge in [-0.05, 0) is 61.1 Å². The third-order valence-corrected chi connectivity index (χ3v) is 9.06. The monoisotopic (exact) mass is 626 g/mol. The van der Waals surface area contributed by atoms with Crippen molar-refractivity contribution in [1.29, 1.82) is 0 Å². The summed E-state index contributed by atoms with van der Waals surface area (Å²) in [5.41, 5.74) is 1.60. The lowest BCUT2D eigenvalue weighted by molar-refractivity contribution is 0.209. The molecule has 0 aliphatic rings. The molecule has 10 heteroatoms. The van der Waals surface area contributed by atoms with Gasteiger partial charge in [-0.3, -0.25) is 9.11 Å². The van der Waals surface area contributed by atoms with Crippen LogP contribution >= 0.6 is 0 Å². The fourth-order valence-corrected chi connectivity index (χ4v) is 6.30. The molecule has 0 bridgehead atoms. The van der Waals surface area contributed by atoms with E-state index in [-0.39, 0.29) is 34.5 Å². The second kappa shape index (κ2) is 19.2. The van der Waals surface area contributed by atoms with Gasteiger partial charge in [-0.15, -0.1) is 0 Å². The van der Waals surface area contributed by atoms with Crippen molar-refractivity contribution >= 4 is 20.2 Å². The lowest BCUT2D eigenvalue weighted by atomic mass is 10.0. The highest BCUT2D eigenvalue weighted by molar-refractivity contribution is 7.86. The number of hydrogen-bond acceptors (Lipinski definition) is 6.